The molecule has 0 spiro atoms. The number of nitrogens with one attached hydrogen (secondary N) is 1. The fourth-order valence-corrected chi connectivity index (χ4v) is 1.69. The smallest absolute Gasteiger partial charge is 0.167 e. The second-order valence-electron chi connectivity index (χ2n) is 3.74. The second-order valence-corrected chi connectivity index (χ2v) is 4.18. The van der Waals surface area contributed by atoms with Crippen molar-refractivity contribution < 1.29 is 9.13 Å². The number of pyridine rings is 1. The van der Waals surface area contributed by atoms with Crippen LogP contribution >= 0.6 is 11.6 Å². The molecule has 1 aromatic carbocycles. The number of hydrogen-bond acceptors (Lipinski definition) is 3. The van der Waals surface area contributed by atoms with Crippen LogP contribution in [0.25, 0.3) is 0 Å². The lowest BCUT2D eigenvalue weighted by molar-refractivity contribution is 0.185. The molecule has 18 heavy (non-hydrogen) atoms. The Morgan fingerprint density at radius 3 is 2.94 bits per heavy atom. The van der Waals surface area contributed by atoms with Crippen LogP contribution in [0.4, 0.5) is 15.9 Å². The van der Waals surface area contributed by atoms with Gasteiger partial charge in [0.2, 0.25) is 0 Å². The number of hydrogen-bond donors (Lipinski definition) is 1. The lowest BCUT2D eigenvalue weighted by Crippen LogP contribution is -1.98. The van der Waals surface area contributed by atoms with Gasteiger partial charge in [-0.3, -0.25) is 0 Å². The quantitative estimate of drug-likeness (QED) is 0.915. The summed E-state index contributed by atoms with van der Waals surface area (Å²) in [5.41, 5.74) is 1.75. The molecule has 0 unspecified atom stereocenters. The number of ether oxygens (including phenoxy) is 1. The van der Waals surface area contributed by atoms with Gasteiger partial charge in [0.15, 0.2) is 11.6 Å². The van der Waals surface area contributed by atoms with Gasteiger partial charge in [0.25, 0.3) is 0 Å². The molecule has 0 saturated carbocycles. The summed E-state index contributed by atoms with van der Waals surface area (Å²) in [5.74, 6) is -0.339. The predicted octanol–water partition coefficient (Wildman–Crippen LogP) is 3.76. The molecule has 0 aliphatic rings. The molecule has 2 rings (SSSR count). The second kappa shape index (κ2) is 5.80. The van der Waals surface area contributed by atoms with E-state index in [2.05, 4.69) is 10.3 Å². The lowest BCUT2D eigenvalue weighted by Gasteiger charge is -2.08. The summed E-state index contributed by atoms with van der Waals surface area (Å²) in [6.45, 7) is 0.506. The molecular weight excluding hydrogens is 255 g/mol. The maximum Gasteiger partial charge on any atom is 0.167 e. The number of aromatic nitrogens is 1. The van der Waals surface area contributed by atoms with Gasteiger partial charge in [0, 0.05) is 19.0 Å². The molecule has 0 amide bonds. The van der Waals surface area contributed by atoms with E-state index >= 15 is 0 Å². The van der Waals surface area contributed by atoms with E-state index in [-0.39, 0.29) is 10.8 Å². The van der Waals surface area contributed by atoms with Gasteiger partial charge in [-0.2, -0.15) is 0 Å². The molecule has 1 heterocycles. The van der Waals surface area contributed by atoms with Crippen LogP contribution in [0.15, 0.2) is 36.5 Å². The number of methoxy groups -OCH3 is 1. The summed E-state index contributed by atoms with van der Waals surface area (Å²) >= 11 is 5.64. The molecule has 1 N–H and O–H groups in total. The van der Waals surface area contributed by atoms with Crippen LogP contribution < -0.4 is 5.32 Å². The first-order valence-corrected chi connectivity index (χ1v) is 5.73. The Hall–Kier alpha value is -1.65. The Morgan fingerprint density at radius 1 is 1.39 bits per heavy atom. The number of rotatable bonds is 4. The molecule has 0 bridgehead atoms. The molecule has 2 aromatic rings. The minimum Gasteiger partial charge on any atom is -0.380 e. The van der Waals surface area contributed by atoms with Crippen molar-refractivity contribution >= 4 is 23.1 Å². The Labute approximate surface area is 110 Å². The van der Waals surface area contributed by atoms with Gasteiger partial charge in [-0.15, -0.1) is 0 Å². The summed E-state index contributed by atoms with van der Waals surface area (Å²) in [6, 6.07) is 8.72. The first-order chi connectivity index (χ1) is 8.69. The predicted molar refractivity (Wildman–Crippen MR) is 69.6 cm³/mol. The largest absolute Gasteiger partial charge is 0.380 e. The molecule has 0 fully saturated rings. The average molecular weight is 267 g/mol. The molecule has 0 radical (unpaired) electrons. The van der Waals surface area contributed by atoms with Crippen molar-refractivity contribution in [2.45, 2.75) is 6.61 Å². The van der Waals surface area contributed by atoms with E-state index in [1.54, 1.807) is 7.11 Å². The number of halogens is 2. The van der Waals surface area contributed by atoms with E-state index in [1.807, 2.05) is 24.3 Å². The summed E-state index contributed by atoms with van der Waals surface area (Å²) in [4.78, 5) is 3.90. The van der Waals surface area contributed by atoms with Gasteiger partial charge in [0.1, 0.15) is 0 Å². The highest BCUT2D eigenvalue weighted by Gasteiger charge is 2.05. The third-order valence-corrected chi connectivity index (χ3v) is 2.52. The van der Waals surface area contributed by atoms with Crippen molar-refractivity contribution in [1.29, 1.82) is 0 Å². The molecular formula is C13H12ClFN2O. The first-order valence-electron chi connectivity index (χ1n) is 5.35. The van der Waals surface area contributed by atoms with Crippen LogP contribution in [-0.4, -0.2) is 12.1 Å². The molecule has 0 aliphatic heterocycles. The Kier molecular flexibility index (Phi) is 4.12. The van der Waals surface area contributed by atoms with E-state index in [4.69, 9.17) is 16.3 Å². The average Bonchev–Trinajstić information content (AvgIpc) is 2.34. The summed E-state index contributed by atoms with van der Waals surface area (Å²) in [7, 11) is 1.63. The Morgan fingerprint density at radius 2 is 2.22 bits per heavy atom. The summed E-state index contributed by atoms with van der Waals surface area (Å²) < 4.78 is 18.6. The minimum absolute atomic E-state index is 0.147. The van der Waals surface area contributed by atoms with E-state index in [1.165, 1.54) is 12.3 Å². The highest BCUT2D eigenvalue weighted by Crippen LogP contribution is 2.21. The highest BCUT2D eigenvalue weighted by molar-refractivity contribution is 6.30. The highest BCUT2D eigenvalue weighted by atomic mass is 35.5. The maximum atomic E-state index is 13.6. The van der Waals surface area contributed by atoms with Crippen molar-refractivity contribution in [2.75, 3.05) is 12.4 Å². The van der Waals surface area contributed by atoms with Crippen molar-refractivity contribution in [3.8, 4) is 0 Å². The topological polar surface area (TPSA) is 34.1 Å². The maximum absolute atomic E-state index is 13.6. The molecule has 0 aliphatic carbocycles. The number of benzene rings is 1. The first kappa shape index (κ1) is 12.8. The van der Waals surface area contributed by atoms with Gasteiger partial charge in [-0.25, -0.2) is 9.37 Å². The van der Waals surface area contributed by atoms with E-state index < -0.39 is 5.82 Å². The van der Waals surface area contributed by atoms with Gasteiger partial charge in [-0.05, 0) is 23.8 Å². The zero-order valence-electron chi connectivity index (χ0n) is 9.78. The third-order valence-electron chi connectivity index (χ3n) is 2.31. The standard InChI is InChI=1S/C13H12ClFN2O/c1-18-8-9-3-2-4-11(5-9)17-13-12(15)6-10(14)7-16-13/h2-7H,8H2,1H3,(H,16,17). The SMILES string of the molecule is COCc1cccc(Nc2ncc(Cl)cc2F)c1. The van der Waals surface area contributed by atoms with Crippen LogP contribution in [0, 0.1) is 5.82 Å². The minimum atomic E-state index is -0.486. The fraction of sp³-hybridized carbons (Fsp3) is 0.154. The van der Waals surface area contributed by atoms with Crippen LogP contribution in [0.5, 0.6) is 0 Å². The fourth-order valence-electron chi connectivity index (χ4n) is 1.55. The zero-order chi connectivity index (χ0) is 13.0. The van der Waals surface area contributed by atoms with Crippen molar-refractivity contribution in [1.82, 2.24) is 4.98 Å². The summed E-state index contributed by atoms with van der Waals surface area (Å²) in [5, 5.41) is 3.17. The molecule has 0 saturated heterocycles. The van der Waals surface area contributed by atoms with Crippen LogP contribution in [0.2, 0.25) is 5.02 Å². The third kappa shape index (κ3) is 3.18. The molecule has 3 nitrogen and oxygen atoms in total. The molecule has 1 aromatic heterocycles. The monoisotopic (exact) mass is 266 g/mol. The van der Waals surface area contributed by atoms with Crippen molar-refractivity contribution in [3.63, 3.8) is 0 Å². The summed E-state index contributed by atoms with van der Waals surface area (Å²) in [6.07, 6.45) is 1.39. The van der Waals surface area contributed by atoms with Gasteiger partial charge in [-0.1, -0.05) is 23.7 Å². The lowest BCUT2D eigenvalue weighted by atomic mass is 10.2. The van der Waals surface area contributed by atoms with Gasteiger partial charge >= 0.3 is 0 Å². The van der Waals surface area contributed by atoms with Crippen LogP contribution in [-0.2, 0) is 11.3 Å². The van der Waals surface area contributed by atoms with Gasteiger partial charge < -0.3 is 10.1 Å². The van der Waals surface area contributed by atoms with E-state index in [0.29, 0.717) is 6.61 Å². The Balaban J connectivity index is 2.20. The van der Waals surface area contributed by atoms with Gasteiger partial charge in [0.05, 0.1) is 11.6 Å². The normalized spacial score (nSPS) is 10.4. The molecule has 94 valence electrons. The van der Waals surface area contributed by atoms with E-state index in [0.717, 1.165) is 11.3 Å². The molecule has 0 atom stereocenters. The van der Waals surface area contributed by atoms with E-state index in [9.17, 15) is 4.39 Å². The molecule has 5 heteroatoms. The zero-order valence-corrected chi connectivity index (χ0v) is 10.5. The van der Waals surface area contributed by atoms with Crippen LogP contribution in [0.3, 0.4) is 0 Å². The Bertz CT molecular complexity index is 548. The van der Waals surface area contributed by atoms with Crippen molar-refractivity contribution in [3.05, 3.63) is 52.9 Å². The number of anilines is 2. The van der Waals surface area contributed by atoms with Crippen LogP contribution in [0.1, 0.15) is 5.56 Å². The number of nitrogens with zero attached hydrogens (tertiary/aromatic N) is 1. The van der Waals surface area contributed by atoms with Crippen molar-refractivity contribution in [2.24, 2.45) is 0 Å².